The molecule has 1 saturated carbocycles. The third-order valence-corrected chi connectivity index (χ3v) is 3.56. The van der Waals surface area contributed by atoms with Crippen LogP contribution in [0.15, 0.2) is 6.07 Å². The van der Waals surface area contributed by atoms with E-state index >= 15 is 0 Å². The predicted octanol–water partition coefficient (Wildman–Crippen LogP) is 2.95. The van der Waals surface area contributed by atoms with Gasteiger partial charge in [0.25, 0.3) is 0 Å². The van der Waals surface area contributed by atoms with Crippen molar-refractivity contribution in [2.45, 2.75) is 51.6 Å². The number of alkyl halides is 2. The zero-order valence-corrected chi connectivity index (χ0v) is 10.7. The summed E-state index contributed by atoms with van der Waals surface area (Å²) >= 11 is 0. The lowest BCUT2D eigenvalue weighted by molar-refractivity contribution is 0.00252. The van der Waals surface area contributed by atoms with Crippen LogP contribution in [-0.2, 0) is 0 Å². The SMILES string of the molecule is Cc1cc(C(O)CC2CCC(F)(F)C2)c(C)nn1. The Morgan fingerprint density at radius 3 is 2.78 bits per heavy atom. The first-order valence-electron chi connectivity index (χ1n) is 6.24. The average Bonchev–Trinajstić information content (AvgIpc) is 2.61. The highest BCUT2D eigenvalue weighted by atomic mass is 19.3. The van der Waals surface area contributed by atoms with Crippen LogP contribution in [0.3, 0.4) is 0 Å². The fourth-order valence-corrected chi connectivity index (χ4v) is 2.59. The number of hydrogen-bond donors (Lipinski definition) is 1. The summed E-state index contributed by atoms with van der Waals surface area (Å²) in [4.78, 5) is 0. The van der Waals surface area contributed by atoms with Crippen molar-refractivity contribution in [3.8, 4) is 0 Å². The van der Waals surface area contributed by atoms with Gasteiger partial charge >= 0.3 is 0 Å². The van der Waals surface area contributed by atoms with Gasteiger partial charge in [0, 0.05) is 18.4 Å². The molecule has 0 aromatic carbocycles. The largest absolute Gasteiger partial charge is 0.388 e. The fourth-order valence-electron chi connectivity index (χ4n) is 2.59. The second-order valence-electron chi connectivity index (χ2n) is 5.24. The Bertz CT molecular complexity index is 437. The number of aliphatic hydroxyl groups is 1. The fraction of sp³-hybridized carbons (Fsp3) is 0.692. The van der Waals surface area contributed by atoms with Gasteiger partial charge in [-0.3, -0.25) is 0 Å². The summed E-state index contributed by atoms with van der Waals surface area (Å²) in [5.74, 6) is -2.66. The van der Waals surface area contributed by atoms with E-state index in [4.69, 9.17) is 0 Å². The van der Waals surface area contributed by atoms with Crippen molar-refractivity contribution in [1.82, 2.24) is 10.2 Å². The normalized spacial score (nSPS) is 24.2. The van der Waals surface area contributed by atoms with Crippen molar-refractivity contribution in [3.05, 3.63) is 23.0 Å². The number of hydrogen-bond acceptors (Lipinski definition) is 3. The number of aromatic nitrogens is 2. The van der Waals surface area contributed by atoms with Gasteiger partial charge in [0.05, 0.1) is 17.5 Å². The molecule has 0 bridgehead atoms. The highest BCUT2D eigenvalue weighted by Crippen LogP contribution is 2.42. The first kappa shape index (κ1) is 13.3. The smallest absolute Gasteiger partial charge is 0.248 e. The predicted molar refractivity (Wildman–Crippen MR) is 63.4 cm³/mol. The molecule has 0 amide bonds. The van der Waals surface area contributed by atoms with E-state index in [1.807, 2.05) is 0 Å². The van der Waals surface area contributed by atoms with Gasteiger partial charge in [0.1, 0.15) is 0 Å². The number of nitrogens with zero attached hydrogens (tertiary/aromatic N) is 2. The van der Waals surface area contributed by atoms with E-state index in [0.29, 0.717) is 24.1 Å². The molecule has 1 aromatic rings. The van der Waals surface area contributed by atoms with Crippen LogP contribution in [0, 0.1) is 19.8 Å². The molecule has 1 aliphatic rings. The molecule has 1 aliphatic carbocycles. The number of aliphatic hydroxyl groups excluding tert-OH is 1. The van der Waals surface area contributed by atoms with E-state index in [1.165, 1.54) is 0 Å². The minimum Gasteiger partial charge on any atom is -0.388 e. The van der Waals surface area contributed by atoms with Crippen LogP contribution < -0.4 is 0 Å². The van der Waals surface area contributed by atoms with Crippen LogP contribution in [0.1, 0.15) is 48.7 Å². The topological polar surface area (TPSA) is 46.0 Å². The minimum atomic E-state index is -2.55. The van der Waals surface area contributed by atoms with Crippen LogP contribution in [0.25, 0.3) is 0 Å². The van der Waals surface area contributed by atoms with E-state index in [2.05, 4.69) is 10.2 Å². The average molecular weight is 256 g/mol. The first-order chi connectivity index (χ1) is 8.37. The van der Waals surface area contributed by atoms with Crippen molar-refractivity contribution >= 4 is 0 Å². The van der Waals surface area contributed by atoms with Gasteiger partial charge < -0.3 is 5.11 Å². The molecule has 5 heteroatoms. The van der Waals surface area contributed by atoms with E-state index in [1.54, 1.807) is 19.9 Å². The van der Waals surface area contributed by atoms with Crippen molar-refractivity contribution in [3.63, 3.8) is 0 Å². The molecule has 3 nitrogen and oxygen atoms in total. The summed E-state index contributed by atoms with van der Waals surface area (Å²) < 4.78 is 26.2. The summed E-state index contributed by atoms with van der Waals surface area (Å²) in [6.07, 6.45) is -0.0298. The van der Waals surface area contributed by atoms with Gasteiger partial charge in [-0.05, 0) is 38.7 Å². The third kappa shape index (κ3) is 3.02. The van der Waals surface area contributed by atoms with Gasteiger partial charge in [-0.25, -0.2) is 8.78 Å². The third-order valence-electron chi connectivity index (χ3n) is 3.56. The Morgan fingerprint density at radius 1 is 1.44 bits per heavy atom. The molecule has 0 spiro atoms. The Balaban J connectivity index is 2.04. The Hall–Kier alpha value is -1.10. The molecular formula is C13H18F2N2O. The van der Waals surface area contributed by atoms with E-state index in [0.717, 1.165) is 5.69 Å². The lowest BCUT2D eigenvalue weighted by Crippen LogP contribution is -2.12. The van der Waals surface area contributed by atoms with E-state index < -0.39 is 12.0 Å². The first-order valence-corrected chi connectivity index (χ1v) is 6.24. The highest BCUT2D eigenvalue weighted by Gasteiger charge is 2.40. The zero-order valence-electron chi connectivity index (χ0n) is 10.7. The Morgan fingerprint density at radius 2 is 2.17 bits per heavy atom. The van der Waals surface area contributed by atoms with Gasteiger partial charge in [0.2, 0.25) is 5.92 Å². The molecule has 2 atom stereocenters. The molecule has 2 unspecified atom stereocenters. The molecule has 0 saturated heterocycles. The molecule has 0 aliphatic heterocycles. The summed E-state index contributed by atoms with van der Waals surface area (Å²) in [7, 11) is 0. The molecule has 100 valence electrons. The second-order valence-corrected chi connectivity index (χ2v) is 5.24. The van der Waals surface area contributed by atoms with Crippen molar-refractivity contribution in [2.24, 2.45) is 5.92 Å². The minimum absolute atomic E-state index is 0.0585. The maximum Gasteiger partial charge on any atom is 0.248 e. The molecule has 1 heterocycles. The number of halogens is 2. The number of rotatable bonds is 3. The molecule has 1 fully saturated rings. The maximum absolute atomic E-state index is 13.1. The van der Waals surface area contributed by atoms with Crippen LogP contribution in [0.2, 0.25) is 0 Å². The Labute approximate surface area is 105 Å². The van der Waals surface area contributed by atoms with Gasteiger partial charge in [-0.15, -0.1) is 0 Å². The van der Waals surface area contributed by atoms with Gasteiger partial charge in [0.15, 0.2) is 0 Å². The molecule has 1 aromatic heterocycles. The monoisotopic (exact) mass is 256 g/mol. The van der Waals surface area contributed by atoms with Gasteiger partial charge in [-0.2, -0.15) is 10.2 Å². The second kappa shape index (κ2) is 4.88. The van der Waals surface area contributed by atoms with Crippen molar-refractivity contribution in [1.29, 1.82) is 0 Å². The summed E-state index contributed by atoms with van der Waals surface area (Å²) in [6, 6.07) is 1.78. The Kier molecular flexibility index (Phi) is 3.61. The lowest BCUT2D eigenvalue weighted by atomic mass is 9.95. The molecule has 18 heavy (non-hydrogen) atoms. The molecular weight excluding hydrogens is 238 g/mol. The number of aryl methyl sites for hydroxylation is 2. The summed E-state index contributed by atoms with van der Waals surface area (Å²) in [6.45, 7) is 3.57. The zero-order chi connectivity index (χ0) is 13.3. The summed E-state index contributed by atoms with van der Waals surface area (Å²) in [5.41, 5.74) is 2.10. The van der Waals surface area contributed by atoms with Crippen LogP contribution >= 0.6 is 0 Å². The van der Waals surface area contributed by atoms with Crippen LogP contribution in [0.5, 0.6) is 0 Å². The van der Waals surface area contributed by atoms with Crippen molar-refractivity contribution in [2.75, 3.05) is 0 Å². The molecule has 2 rings (SSSR count). The standard InChI is InChI=1S/C13H18F2N2O/c1-8-5-11(9(2)17-16-8)12(18)6-10-3-4-13(14,15)7-10/h5,10,12,18H,3-4,6-7H2,1-2H3. The van der Waals surface area contributed by atoms with E-state index in [9.17, 15) is 13.9 Å². The lowest BCUT2D eigenvalue weighted by Gasteiger charge is -2.17. The molecule has 0 radical (unpaired) electrons. The maximum atomic E-state index is 13.1. The van der Waals surface area contributed by atoms with Gasteiger partial charge in [-0.1, -0.05) is 0 Å². The molecule has 1 N–H and O–H groups in total. The van der Waals surface area contributed by atoms with Crippen LogP contribution in [0.4, 0.5) is 8.78 Å². The van der Waals surface area contributed by atoms with E-state index in [-0.39, 0.29) is 18.8 Å². The van der Waals surface area contributed by atoms with Crippen molar-refractivity contribution < 1.29 is 13.9 Å². The quantitative estimate of drug-likeness (QED) is 0.904. The summed E-state index contributed by atoms with van der Waals surface area (Å²) in [5, 5.41) is 18.0. The highest BCUT2D eigenvalue weighted by molar-refractivity contribution is 5.22. The van der Waals surface area contributed by atoms with Crippen LogP contribution in [-0.4, -0.2) is 21.2 Å².